The van der Waals surface area contributed by atoms with Crippen LogP contribution in [0, 0.1) is 12.3 Å². The summed E-state index contributed by atoms with van der Waals surface area (Å²) >= 11 is 0. The van der Waals surface area contributed by atoms with E-state index in [0.717, 1.165) is 39.0 Å². The Hall–Kier alpha value is -3.96. The summed E-state index contributed by atoms with van der Waals surface area (Å²) in [5.74, 6) is 2.79. The zero-order valence-corrected chi connectivity index (χ0v) is 17.7. The van der Waals surface area contributed by atoms with Gasteiger partial charge in [0.05, 0.1) is 0 Å². The molecule has 0 aliphatic heterocycles. The highest BCUT2D eigenvalue weighted by Gasteiger charge is 2.08. The van der Waals surface area contributed by atoms with Gasteiger partial charge in [0, 0.05) is 22.5 Å². The van der Waals surface area contributed by atoms with Gasteiger partial charge in [-0.1, -0.05) is 73.7 Å². The van der Waals surface area contributed by atoms with Crippen LogP contribution in [0.25, 0.3) is 17.2 Å². The topological polar surface area (TPSA) is 52.0 Å². The highest BCUT2D eigenvalue weighted by Crippen LogP contribution is 2.31. The SMILES string of the molecule is C#CC(=C\C(=C/C)C(\C=C)=C\C=C)/C(C)=C/c1cccc(-c2cccc(N)c2)c1N. The maximum Gasteiger partial charge on any atom is 0.0467 e. The maximum absolute atomic E-state index is 6.49. The third kappa shape index (κ3) is 5.31. The average Bonchev–Trinajstić information content (AvgIpc) is 2.74. The van der Waals surface area contributed by atoms with E-state index in [2.05, 4.69) is 19.1 Å². The second-order valence-electron chi connectivity index (χ2n) is 6.77. The van der Waals surface area contributed by atoms with Crippen LogP contribution in [0.3, 0.4) is 0 Å². The van der Waals surface area contributed by atoms with Crippen molar-refractivity contribution in [1.82, 2.24) is 0 Å². The van der Waals surface area contributed by atoms with Crippen LogP contribution in [0.1, 0.15) is 19.4 Å². The van der Waals surface area contributed by atoms with Crippen LogP contribution in [0.2, 0.25) is 0 Å². The molecule has 2 heteroatoms. The van der Waals surface area contributed by atoms with Crippen molar-refractivity contribution in [3.63, 3.8) is 0 Å². The molecular formula is C28H28N2. The molecule has 30 heavy (non-hydrogen) atoms. The van der Waals surface area contributed by atoms with Gasteiger partial charge in [-0.05, 0) is 66.0 Å². The number of anilines is 2. The van der Waals surface area contributed by atoms with Crippen molar-refractivity contribution < 1.29 is 0 Å². The summed E-state index contributed by atoms with van der Waals surface area (Å²) in [6, 6.07) is 13.6. The molecule has 0 fully saturated rings. The fourth-order valence-corrected chi connectivity index (χ4v) is 3.15. The zero-order chi connectivity index (χ0) is 22.1. The lowest BCUT2D eigenvalue weighted by Crippen LogP contribution is -1.95. The van der Waals surface area contributed by atoms with E-state index in [1.54, 1.807) is 12.2 Å². The summed E-state index contributed by atoms with van der Waals surface area (Å²) in [5, 5.41) is 0. The minimum absolute atomic E-state index is 0.684. The third-order valence-electron chi connectivity index (χ3n) is 4.75. The number of nitrogens with two attached hydrogens (primary N) is 2. The third-order valence-corrected chi connectivity index (χ3v) is 4.75. The van der Waals surface area contributed by atoms with Gasteiger partial charge in [0.15, 0.2) is 0 Å². The van der Waals surface area contributed by atoms with E-state index in [1.165, 1.54) is 0 Å². The van der Waals surface area contributed by atoms with Gasteiger partial charge in [-0.2, -0.15) is 0 Å². The van der Waals surface area contributed by atoms with Gasteiger partial charge in [0.1, 0.15) is 0 Å². The Balaban J connectivity index is 2.51. The van der Waals surface area contributed by atoms with Crippen molar-refractivity contribution in [2.45, 2.75) is 13.8 Å². The number of para-hydroxylation sites is 1. The molecule has 2 aromatic rings. The van der Waals surface area contributed by atoms with Crippen LogP contribution in [0.4, 0.5) is 11.4 Å². The van der Waals surface area contributed by atoms with E-state index < -0.39 is 0 Å². The number of allylic oxidation sites excluding steroid dienone is 9. The quantitative estimate of drug-likeness (QED) is 0.312. The number of rotatable bonds is 7. The summed E-state index contributed by atoms with van der Waals surface area (Å²) in [7, 11) is 0. The largest absolute Gasteiger partial charge is 0.399 e. The van der Waals surface area contributed by atoms with Gasteiger partial charge in [-0.25, -0.2) is 0 Å². The van der Waals surface area contributed by atoms with Crippen molar-refractivity contribution in [3.8, 4) is 23.5 Å². The molecule has 0 aliphatic carbocycles. The van der Waals surface area contributed by atoms with Crippen molar-refractivity contribution in [2.24, 2.45) is 0 Å². The van der Waals surface area contributed by atoms with Crippen LogP contribution < -0.4 is 11.5 Å². The maximum atomic E-state index is 6.49. The monoisotopic (exact) mass is 392 g/mol. The predicted molar refractivity (Wildman–Crippen MR) is 134 cm³/mol. The minimum atomic E-state index is 0.684. The highest BCUT2D eigenvalue weighted by molar-refractivity contribution is 5.85. The number of hydrogen-bond acceptors (Lipinski definition) is 2. The number of terminal acetylenes is 1. The van der Waals surface area contributed by atoms with E-state index in [9.17, 15) is 0 Å². The molecule has 0 bridgehead atoms. The van der Waals surface area contributed by atoms with E-state index in [1.807, 2.05) is 80.6 Å². The van der Waals surface area contributed by atoms with Gasteiger partial charge in [0.25, 0.3) is 0 Å². The minimum Gasteiger partial charge on any atom is -0.399 e. The first-order valence-electron chi connectivity index (χ1n) is 9.68. The highest BCUT2D eigenvalue weighted by atomic mass is 14.6. The molecule has 0 radical (unpaired) electrons. The molecule has 0 atom stereocenters. The molecule has 2 nitrogen and oxygen atoms in total. The molecule has 0 saturated carbocycles. The average molecular weight is 393 g/mol. The van der Waals surface area contributed by atoms with Crippen LogP contribution in [-0.4, -0.2) is 0 Å². The number of benzene rings is 2. The van der Waals surface area contributed by atoms with Crippen molar-refractivity contribution in [2.75, 3.05) is 11.5 Å². The van der Waals surface area contributed by atoms with Gasteiger partial charge in [-0.3, -0.25) is 0 Å². The molecule has 0 aromatic heterocycles. The molecule has 0 saturated heterocycles. The van der Waals surface area contributed by atoms with Gasteiger partial charge < -0.3 is 11.5 Å². The fourth-order valence-electron chi connectivity index (χ4n) is 3.15. The van der Waals surface area contributed by atoms with Crippen LogP contribution >= 0.6 is 0 Å². The van der Waals surface area contributed by atoms with Gasteiger partial charge in [0.2, 0.25) is 0 Å². The van der Waals surface area contributed by atoms with E-state index in [4.69, 9.17) is 17.9 Å². The Bertz CT molecular complexity index is 1120. The van der Waals surface area contributed by atoms with Crippen molar-refractivity contribution in [1.29, 1.82) is 0 Å². The van der Waals surface area contributed by atoms with E-state index >= 15 is 0 Å². The molecule has 2 aromatic carbocycles. The van der Waals surface area contributed by atoms with Crippen LogP contribution in [0.5, 0.6) is 0 Å². The lowest BCUT2D eigenvalue weighted by Gasteiger charge is -2.11. The Kier molecular flexibility index (Phi) is 7.85. The number of hydrogen-bond donors (Lipinski definition) is 2. The molecule has 0 spiro atoms. The second kappa shape index (κ2) is 10.5. The van der Waals surface area contributed by atoms with Crippen LogP contribution in [0.15, 0.2) is 108 Å². The molecule has 150 valence electrons. The van der Waals surface area contributed by atoms with Crippen molar-refractivity contribution >= 4 is 17.5 Å². The summed E-state index contributed by atoms with van der Waals surface area (Å²) in [6.45, 7) is 11.6. The standard InChI is InChI=1S/C28H28N2/c1-6-12-21(7-2)23(9-4)18-22(8-3)20(5)17-25-14-11-16-27(28(25)30)24-13-10-15-26(29)19-24/h3,6-7,9-19H,1-2,29-30H2,4-5H3/b20-17+,21-12+,22-18+,23-9+. The van der Waals surface area contributed by atoms with Gasteiger partial charge >= 0.3 is 0 Å². The first-order chi connectivity index (χ1) is 14.4. The lowest BCUT2D eigenvalue weighted by molar-refractivity contribution is 1.43. The Labute approximate surface area is 180 Å². The van der Waals surface area contributed by atoms with E-state index in [-0.39, 0.29) is 0 Å². The first kappa shape index (κ1) is 22.3. The fraction of sp³-hybridized carbons (Fsp3) is 0.0714. The molecule has 0 heterocycles. The summed E-state index contributed by atoms with van der Waals surface area (Å²) in [6.07, 6.45) is 17.2. The van der Waals surface area contributed by atoms with E-state index in [0.29, 0.717) is 11.4 Å². The molecule has 0 aliphatic rings. The normalized spacial score (nSPS) is 13.0. The number of nitrogen functional groups attached to an aromatic ring is 2. The molecule has 4 N–H and O–H groups in total. The summed E-state index contributed by atoms with van der Waals surface area (Å²) in [5.41, 5.74) is 20.3. The molecular weight excluding hydrogens is 364 g/mol. The smallest absolute Gasteiger partial charge is 0.0467 e. The van der Waals surface area contributed by atoms with Crippen molar-refractivity contribution in [3.05, 3.63) is 114 Å². The lowest BCUT2D eigenvalue weighted by atomic mass is 9.96. The predicted octanol–water partition coefficient (Wildman–Crippen LogP) is 6.73. The second-order valence-corrected chi connectivity index (χ2v) is 6.77. The molecule has 2 rings (SSSR count). The Morgan fingerprint density at radius 2 is 1.80 bits per heavy atom. The van der Waals surface area contributed by atoms with Crippen LogP contribution in [-0.2, 0) is 0 Å². The summed E-state index contributed by atoms with van der Waals surface area (Å²) < 4.78 is 0. The Morgan fingerprint density at radius 3 is 2.40 bits per heavy atom. The Morgan fingerprint density at radius 1 is 1.07 bits per heavy atom. The zero-order valence-electron chi connectivity index (χ0n) is 17.7. The first-order valence-corrected chi connectivity index (χ1v) is 9.68. The molecule has 0 amide bonds. The molecule has 0 unspecified atom stereocenters. The summed E-state index contributed by atoms with van der Waals surface area (Å²) in [4.78, 5) is 0. The van der Waals surface area contributed by atoms with Gasteiger partial charge in [-0.15, -0.1) is 6.42 Å².